The summed E-state index contributed by atoms with van der Waals surface area (Å²) in [6.45, 7) is 0. The van der Waals surface area contributed by atoms with Gasteiger partial charge in [0.1, 0.15) is 11.2 Å². The smallest absolute Gasteiger partial charge is 0.136 e. The number of H-pyrrole nitrogens is 1. The molecule has 4 heterocycles. The summed E-state index contributed by atoms with van der Waals surface area (Å²) in [6, 6.07) is 85.0. The topological polar surface area (TPSA) is 47.8 Å². The first kappa shape index (κ1) is 41.2. The molecule has 1 unspecified atom stereocenters. The molecule has 6 heteroatoms. The van der Waals surface area contributed by atoms with Crippen LogP contribution in [0.25, 0.3) is 71.7 Å². The minimum absolute atomic E-state index is 0.547. The molecule has 0 amide bonds. The molecule has 2 aliphatic heterocycles. The standard InChI is InChI=1S/C49H30N2O.C16H14N2S/c1-2-12-32(13-3-1)51-43-20-10-8-18-38(43)49(37-17-7-4-15-34(37)47-40(49)25-27-46-48(47)35-16-6-11-21-45(35)52-46)39-24-22-31(29-44(39)51)30-23-26-42-36(28-30)33-14-5-9-19-41(33)50-42;1-18-16(14-10-6-3-7-11-14)12-15(17-19-18)13-8-4-2-5-9-13/h1-29,50H;2-12H,1H3. The number of aromatic nitrogens is 1. The van der Waals surface area contributed by atoms with Gasteiger partial charge in [-0.25, -0.2) is 0 Å². The van der Waals surface area contributed by atoms with Crippen molar-refractivity contribution in [2.75, 3.05) is 11.9 Å². The molecule has 1 N–H and O–H groups in total. The van der Waals surface area contributed by atoms with Crippen molar-refractivity contribution in [1.29, 1.82) is 0 Å². The molecule has 12 aromatic rings. The molecule has 0 bridgehead atoms. The molecular weight excluding hydrogens is 885 g/mol. The molecular formula is C65H44N4OS. The normalized spacial score (nSPS) is 15.5. The molecule has 71 heavy (non-hydrogen) atoms. The van der Waals surface area contributed by atoms with E-state index in [1.54, 1.807) is 0 Å². The van der Waals surface area contributed by atoms with Gasteiger partial charge in [0.05, 0.1) is 40.3 Å². The van der Waals surface area contributed by atoms with Gasteiger partial charge in [0.2, 0.25) is 0 Å². The highest BCUT2D eigenvalue weighted by Gasteiger charge is 2.52. The van der Waals surface area contributed by atoms with Gasteiger partial charge < -0.3 is 14.3 Å². The van der Waals surface area contributed by atoms with Crippen LogP contribution >= 0.6 is 12.1 Å². The maximum absolute atomic E-state index is 6.49. The largest absolute Gasteiger partial charge is 0.456 e. The summed E-state index contributed by atoms with van der Waals surface area (Å²) >= 11 is 1.48. The zero-order valence-electron chi connectivity index (χ0n) is 38.8. The SMILES string of the molecule is CN1SN=C(c2ccccc2)C=C1c1ccccc1.c1ccc(N2c3ccccc3C3(c4ccccc4-c4c3ccc3oc5ccccc5c43)c3ccc(-c4ccc5[nH]c6ccccc6c5c4)cc32)cc1. The van der Waals surface area contributed by atoms with Gasteiger partial charge in [0.15, 0.2) is 0 Å². The van der Waals surface area contributed by atoms with Gasteiger partial charge in [-0.3, -0.25) is 4.31 Å². The predicted molar refractivity (Wildman–Crippen MR) is 297 cm³/mol. The third-order valence-electron chi connectivity index (χ3n) is 14.6. The fourth-order valence-electron chi connectivity index (χ4n) is 11.5. The van der Waals surface area contributed by atoms with E-state index in [2.05, 4.69) is 237 Å². The maximum atomic E-state index is 6.49. The summed E-state index contributed by atoms with van der Waals surface area (Å²) in [5, 5.41) is 4.82. The molecule has 1 aliphatic carbocycles. The molecule has 3 aliphatic rings. The van der Waals surface area contributed by atoms with Crippen LogP contribution in [-0.4, -0.2) is 22.0 Å². The average molecular weight is 929 g/mol. The van der Waals surface area contributed by atoms with Crippen molar-refractivity contribution in [3.8, 4) is 22.3 Å². The van der Waals surface area contributed by atoms with E-state index in [0.717, 1.165) is 44.5 Å². The molecule has 10 aromatic carbocycles. The van der Waals surface area contributed by atoms with Crippen molar-refractivity contribution >= 4 is 84.3 Å². The first-order valence-electron chi connectivity index (χ1n) is 24.1. The van der Waals surface area contributed by atoms with Crippen molar-refractivity contribution < 1.29 is 4.42 Å². The van der Waals surface area contributed by atoms with Gasteiger partial charge in [-0.15, -0.1) is 0 Å². The summed E-state index contributed by atoms with van der Waals surface area (Å²) in [5.41, 5.74) is 21.7. The van der Waals surface area contributed by atoms with Gasteiger partial charge >= 0.3 is 0 Å². The maximum Gasteiger partial charge on any atom is 0.136 e. The number of fused-ring (bicyclic) bond motifs is 16. The third-order valence-corrected chi connectivity index (χ3v) is 15.3. The van der Waals surface area contributed by atoms with Crippen LogP contribution in [0.5, 0.6) is 0 Å². The van der Waals surface area contributed by atoms with Crippen LogP contribution < -0.4 is 4.90 Å². The highest BCUT2D eigenvalue weighted by Crippen LogP contribution is 2.65. The Labute approximate surface area is 415 Å². The van der Waals surface area contributed by atoms with Gasteiger partial charge in [-0.2, -0.15) is 4.40 Å². The number of nitrogens with zero attached hydrogens (tertiary/aromatic N) is 3. The summed E-state index contributed by atoms with van der Waals surface area (Å²) < 4.78 is 13.1. The number of benzene rings is 10. The van der Waals surface area contributed by atoms with Crippen LogP contribution in [0.1, 0.15) is 33.4 Å². The molecule has 15 rings (SSSR count). The Morgan fingerprint density at radius 2 is 1.08 bits per heavy atom. The van der Waals surface area contributed by atoms with E-state index in [0.29, 0.717) is 0 Å². The molecule has 1 spiro atoms. The molecule has 2 aromatic heterocycles. The zero-order valence-corrected chi connectivity index (χ0v) is 39.6. The quantitative estimate of drug-likeness (QED) is 0.179. The second kappa shape index (κ2) is 16.4. The van der Waals surface area contributed by atoms with Crippen LogP contribution in [0.2, 0.25) is 0 Å². The van der Waals surface area contributed by atoms with Crippen LogP contribution in [0, 0.1) is 0 Å². The number of aromatic amines is 1. The minimum atomic E-state index is -0.547. The van der Waals surface area contributed by atoms with E-state index in [1.165, 1.54) is 95.4 Å². The highest BCUT2D eigenvalue weighted by molar-refractivity contribution is 7.96. The first-order chi connectivity index (χ1) is 35.1. The van der Waals surface area contributed by atoms with Crippen molar-refractivity contribution in [1.82, 2.24) is 9.29 Å². The molecule has 336 valence electrons. The number of hydrogen-bond acceptors (Lipinski definition) is 5. The molecule has 5 nitrogen and oxygen atoms in total. The Hall–Kier alpha value is -8.84. The molecule has 1 atom stereocenters. The van der Waals surface area contributed by atoms with Crippen LogP contribution in [0.3, 0.4) is 0 Å². The number of hydrogen-bond donors (Lipinski definition) is 1. The highest BCUT2D eigenvalue weighted by atomic mass is 32.2. The summed E-state index contributed by atoms with van der Waals surface area (Å²) in [4.78, 5) is 6.07. The number of anilines is 3. The lowest BCUT2D eigenvalue weighted by Crippen LogP contribution is -2.36. The van der Waals surface area contributed by atoms with Crippen molar-refractivity contribution in [2.24, 2.45) is 4.40 Å². The second-order valence-electron chi connectivity index (χ2n) is 18.4. The summed E-state index contributed by atoms with van der Waals surface area (Å²) in [6.07, 6.45) is 2.14. The van der Waals surface area contributed by atoms with Gasteiger partial charge in [0.25, 0.3) is 0 Å². The van der Waals surface area contributed by atoms with Gasteiger partial charge in [-0.05, 0) is 111 Å². The number of nitrogens with one attached hydrogen (secondary N) is 1. The second-order valence-corrected chi connectivity index (χ2v) is 19.3. The average Bonchev–Trinajstić information content (AvgIpc) is 4.10. The van der Waals surface area contributed by atoms with Gasteiger partial charge in [-0.1, -0.05) is 182 Å². The summed E-state index contributed by atoms with van der Waals surface area (Å²) in [5.74, 6) is 0. The molecule has 0 saturated heterocycles. The van der Waals surface area contributed by atoms with Crippen LogP contribution in [0.4, 0.5) is 17.1 Å². The van der Waals surface area contributed by atoms with E-state index in [9.17, 15) is 0 Å². The Morgan fingerprint density at radius 3 is 1.92 bits per heavy atom. The Balaban J connectivity index is 0.000000208. The Morgan fingerprint density at radius 1 is 0.465 bits per heavy atom. The lowest BCUT2D eigenvalue weighted by molar-refractivity contribution is 0.668. The van der Waals surface area contributed by atoms with E-state index < -0.39 is 5.41 Å². The van der Waals surface area contributed by atoms with Crippen LogP contribution in [0.15, 0.2) is 251 Å². The summed E-state index contributed by atoms with van der Waals surface area (Å²) in [7, 11) is 2.04. The third kappa shape index (κ3) is 6.38. The number of rotatable bonds is 4. The van der Waals surface area contributed by atoms with Crippen molar-refractivity contribution in [3.63, 3.8) is 0 Å². The van der Waals surface area contributed by atoms with E-state index in [1.807, 2.05) is 31.3 Å². The Kier molecular flexibility index (Phi) is 9.51. The fraction of sp³-hybridized carbons (Fsp3) is 0.0308. The number of para-hydroxylation sites is 4. The molecule has 0 saturated carbocycles. The lowest BCUT2D eigenvalue weighted by Gasteiger charge is -2.45. The minimum Gasteiger partial charge on any atom is -0.456 e. The Bertz CT molecular complexity index is 4120. The molecule has 0 radical (unpaired) electrons. The van der Waals surface area contributed by atoms with E-state index >= 15 is 0 Å². The molecule has 0 fully saturated rings. The van der Waals surface area contributed by atoms with Crippen molar-refractivity contribution in [2.45, 2.75) is 5.41 Å². The fourth-order valence-corrected chi connectivity index (χ4v) is 12.1. The van der Waals surface area contributed by atoms with Crippen molar-refractivity contribution in [3.05, 3.63) is 276 Å². The lowest BCUT2D eigenvalue weighted by atomic mass is 9.64. The predicted octanol–water partition coefficient (Wildman–Crippen LogP) is 17.1. The number of furan rings is 1. The van der Waals surface area contributed by atoms with E-state index in [-0.39, 0.29) is 0 Å². The van der Waals surface area contributed by atoms with Gasteiger partial charge in [0, 0.05) is 50.9 Å². The monoisotopic (exact) mass is 928 g/mol. The van der Waals surface area contributed by atoms with Crippen LogP contribution in [-0.2, 0) is 5.41 Å². The van der Waals surface area contributed by atoms with E-state index in [4.69, 9.17) is 4.42 Å². The zero-order chi connectivity index (χ0) is 47.0. The first-order valence-corrected chi connectivity index (χ1v) is 24.8. The number of allylic oxidation sites excluding steroid dienone is 1.